The van der Waals surface area contributed by atoms with Crippen molar-refractivity contribution < 1.29 is 0 Å². The predicted octanol–water partition coefficient (Wildman–Crippen LogP) is 3.50. The predicted molar refractivity (Wildman–Crippen MR) is 87.0 cm³/mol. The van der Waals surface area contributed by atoms with Crippen molar-refractivity contribution in [1.29, 1.82) is 0 Å². The van der Waals surface area contributed by atoms with Gasteiger partial charge in [0.25, 0.3) is 0 Å². The van der Waals surface area contributed by atoms with Crippen LogP contribution in [0.2, 0.25) is 5.15 Å². The summed E-state index contributed by atoms with van der Waals surface area (Å²) in [5, 5.41) is 5.07. The Kier molecular flexibility index (Phi) is 5.24. The van der Waals surface area contributed by atoms with Crippen LogP contribution < -0.4 is 5.73 Å². The SMILES string of the molecule is Cc1nn(C)c(Cl)c1CC(CN)Cc1ccc(Br)cc1. The molecule has 1 atom stereocenters. The van der Waals surface area contributed by atoms with Crippen LogP contribution >= 0.6 is 27.5 Å². The molecule has 3 nitrogen and oxygen atoms in total. The van der Waals surface area contributed by atoms with Crippen LogP contribution in [0.4, 0.5) is 0 Å². The fourth-order valence-electron chi connectivity index (χ4n) is 2.39. The lowest BCUT2D eigenvalue weighted by Crippen LogP contribution is -2.19. The zero-order valence-corrected chi connectivity index (χ0v) is 14.1. The Hall–Kier alpha value is -0.840. The van der Waals surface area contributed by atoms with E-state index in [1.54, 1.807) is 4.68 Å². The van der Waals surface area contributed by atoms with E-state index in [4.69, 9.17) is 17.3 Å². The van der Waals surface area contributed by atoms with Crippen LogP contribution in [0, 0.1) is 12.8 Å². The van der Waals surface area contributed by atoms with E-state index in [1.165, 1.54) is 5.56 Å². The molecule has 0 bridgehead atoms. The largest absolute Gasteiger partial charge is 0.330 e. The van der Waals surface area contributed by atoms with E-state index in [0.29, 0.717) is 12.5 Å². The molecule has 0 aliphatic rings. The van der Waals surface area contributed by atoms with E-state index in [1.807, 2.05) is 14.0 Å². The molecule has 2 rings (SSSR count). The number of halogens is 2. The van der Waals surface area contributed by atoms with Gasteiger partial charge < -0.3 is 5.73 Å². The minimum Gasteiger partial charge on any atom is -0.330 e. The van der Waals surface area contributed by atoms with Crippen molar-refractivity contribution in [3.05, 3.63) is 50.7 Å². The van der Waals surface area contributed by atoms with Crippen LogP contribution in [0.15, 0.2) is 28.7 Å². The van der Waals surface area contributed by atoms with E-state index in [0.717, 1.165) is 33.7 Å². The first-order valence-corrected chi connectivity index (χ1v) is 7.80. The zero-order chi connectivity index (χ0) is 14.7. The standard InChI is InChI=1S/C15H19BrClN3/c1-10-14(15(17)20(2)19-10)8-12(9-18)7-11-3-5-13(16)6-4-11/h3-6,12H,7-9,18H2,1-2H3. The highest BCUT2D eigenvalue weighted by Gasteiger charge is 2.16. The molecule has 5 heteroatoms. The molecular weight excluding hydrogens is 338 g/mol. The van der Waals surface area contributed by atoms with Crippen LogP contribution in [0.1, 0.15) is 16.8 Å². The second-order valence-electron chi connectivity index (χ2n) is 5.11. The monoisotopic (exact) mass is 355 g/mol. The molecule has 0 amide bonds. The summed E-state index contributed by atoms with van der Waals surface area (Å²) in [4.78, 5) is 0. The first-order chi connectivity index (χ1) is 9.51. The van der Waals surface area contributed by atoms with Gasteiger partial charge in [-0.25, -0.2) is 0 Å². The molecule has 0 saturated carbocycles. The maximum absolute atomic E-state index is 6.29. The maximum atomic E-state index is 6.29. The molecule has 2 N–H and O–H groups in total. The lowest BCUT2D eigenvalue weighted by Gasteiger charge is -2.15. The average molecular weight is 357 g/mol. The Morgan fingerprint density at radius 2 is 1.95 bits per heavy atom. The normalized spacial score (nSPS) is 12.7. The number of nitrogens with two attached hydrogens (primary N) is 1. The minimum atomic E-state index is 0.372. The quantitative estimate of drug-likeness (QED) is 0.891. The van der Waals surface area contributed by atoms with Crippen molar-refractivity contribution in [2.24, 2.45) is 18.7 Å². The van der Waals surface area contributed by atoms with E-state index < -0.39 is 0 Å². The topological polar surface area (TPSA) is 43.8 Å². The maximum Gasteiger partial charge on any atom is 0.130 e. The van der Waals surface area contributed by atoms with Gasteiger partial charge in [0.15, 0.2) is 0 Å². The first kappa shape index (κ1) is 15.5. The van der Waals surface area contributed by atoms with Crippen molar-refractivity contribution in [2.75, 3.05) is 6.54 Å². The Bertz CT molecular complexity index is 578. The lowest BCUT2D eigenvalue weighted by molar-refractivity contribution is 0.532. The van der Waals surface area contributed by atoms with Gasteiger partial charge in [-0.15, -0.1) is 0 Å². The second kappa shape index (κ2) is 6.74. The number of benzene rings is 1. The summed E-state index contributed by atoms with van der Waals surface area (Å²) < 4.78 is 2.82. The van der Waals surface area contributed by atoms with E-state index in [-0.39, 0.29) is 0 Å². The molecule has 1 aromatic carbocycles. The molecule has 1 unspecified atom stereocenters. The van der Waals surface area contributed by atoms with Crippen molar-refractivity contribution in [3.63, 3.8) is 0 Å². The molecule has 0 fully saturated rings. The van der Waals surface area contributed by atoms with Gasteiger partial charge in [-0.05, 0) is 49.9 Å². The fraction of sp³-hybridized carbons (Fsp3) is 0.400. The van der Waals surface area contributed by atoms with Gasteiger partial charge in [0.05, 0.1) is 5.69 Å². The Morgan fingerprint density at radius 1 is 1.30 bits per heavy atom. The third-order valence-corrected chi connectivity index (χ3v) is 4.54. The number of hydrogen-bond acceptors (Lipinski definition) is 2. The van der Waals surface area contributed by atoms with Gasteiger partial charge in [-0.1, -0.05) is 39.7 Å². The third-order valence-electron chi connectivity index (χ3n) is 3.53. The molecule has 2 aromatic rings. The van der Waals surface area contributed by atoms with Crippen molar-refractivity contribution in [2.45, 2.75) is 19.8 Å². The van der Waals surface area contributed by atoms with Crippen LogP contribution in [0.3, 0.4) is 0 Å². The van der Waals surface area contributed by atoms with Crippen molar-refractivity contribution in [1.82, 2.24) is 9.78 Å². The molecular formula is C15H19BrClN3. The van der Waals surface area contributed by atoms with Crippen LogP contribution in [0.25, 0.3) is 0 Å². The molecule has 1 aromatic heterocycles. The number of nitrogens with zero attached hydrogens (tertiary/aromatic N) is 2. The molecule has 0 aliphatic heterocycles. The van der Waals surface area contributed by atoms with Crippen LogP contribution in [-0.2, 0) is 19.9 Å². The Morgan fingerprint density at radius 3 is 2.45 bits per heavy atom. The summed E-state index contributed by atoms with van der Waals surface area (Å²) in [7, 11) is 1.87. The van der Waals surface area contributed by atoms with E-state index in [2.05, 4.69) is 45.3 Å². The second-order valence-corrected chi connectivity index (χ2v) is 6.39. The summed E-state index contributed by atoms with van der Waals surface area (Å²) >= 11 is 9.74. The van der Waals surface area contributed by atoms with Gasteiger partial charge in [0, 0.05) is 17.1 Å². The highest BCUT2D eigenvalue weighted by Crippen LogP contribution is 2.24. The van der Waals surface area contributed by atoms with Crippen molar-refractivity contribution in [3.8, 4) is 0 Å². The summed E-state index contributed by atoms with van der Waals surface area (Å²) in [5.74, 6) is 0.372. The Labute approximate surface area is 133 Å². The molecule has 0 radical (unpaired) electrons. The summed E-state index contributed by atoms with van der Waals surface area (Å²) in [6.07, 6.45) is 1.82. The highest BCUT2D eigenvalue weighted by atomic mass is 79.9. The molecule has 20 heavy (non-hydrogen) atoms. The lowest BCUT2D eigenvalue weighted by atomic mass is 9.93. The average Bonchev–Trinajstić information content (AvgIpc) is 2.66. The van der Waals surface area contributed by atoms with Gasteiger partial charge in [0.1, 0.15) is 5.15 Å². The van der Waals surface area contributed by atoms with E-state index >= 15 is 0 Å². The number of aromatic nitrogens is 2. The molecule has 0 saturated heterocycles. The van der Waals surface area contributed by atoms with Gasteiger partial charge in [0.2, 0.25) is 0 Å². The Balaban J connectivity index is 2.11. The molecule has 1 heterocycles. The molecule has 0 spiro atoms. The number of rotatable bonds is 5. The van der Waals surface area contributed by atoms with Crippen LogP contribution in [0.5, 0.6) is 0 Å². The number of aryl methyl sites for hydroxylation is 2. The summed E-state index contributed by atoms with van der Waals surface area (Å²) in [6, 6.07) is 8.38. The van der Waals surface area contributed by atoms with E-state index in [9.17, 15) is 0 Å². The highest BCUT2D eigenvalue weighted by molar-refractivity contribution is 9.10. The van der Waals surface area contributed by atoms with Crippen molar-refractivity contribution >= 4 is 27.5 Å². The zero-order valence-electron chi connectivity index (χ0n) is 11.7. The summed E-state index contributed by atoms with van der Waals surface area (Å²) in [6.45, 7) is 2.63. The van der Waals surface area contributed by atoms with Gasteiger partial charge in [-0.2, -0.15) is 5.10 Å². The molecule has 108 valence electrons. The van der Waals surface area contributed by atoms with Crippen LogP contribution in [-0.4, -0.2) is 16.3 Å². The smallest absolute Gasteiger partial charge is 0.130 e. The van der Waals surface area contributed by atoms with Gasteiger partial charge in [-0.3, -0.25) is 4.68 Å². The number of hydrogen-bond donors (Lipinski definition) is 1. The third kappa shape index (κ3) is 3.62. The first-order valence-electron chi connectivity index (χ1n) is 6.63. The van der Waals surface area contributed by atoms with Gasteiger partial charge >= 0.3 is 0 Å². The summed E-state index contributed by atoms with van der Waals surface area (Å²) in [5.41, 5.74) is 9.32. The molecule has 0 aliphatic carbocycles. The fourth-order valence-corrected chi connectivity index (χ4v) is 2.90. The minimum absolute atomic E-state index is 0.372.